The summed E-state index contributed by atoms with van der Waals surface area (Å²) in [6.07, 6.45) is 7.05. The first-order valence-electron chi connectivity index (χ1n) is 25.0. The molecule has 4 atom stereocenters. The molecule has 2 aromatic heterocycles. The van der Waals surface area contributed by atoms with Crippen LogP contribution < -0.4 is 40.6 Å². The molecule has 0 unspecified atom stereocenters. The average Bonchev–Trinajstić information content (AvgIpc) is 3.45. The number of benzene rings is 4. The number of amides is 5. The molecule has 0 saturated heterocycles. The molecule has 19 heteroatoms. The molecule has 4 bridgehead atoms. The van der Waals surface area contributed by atoms with Crippen molar-refractivity contribution in [3.63, 3.8) is 0 Å². The zero-order valence-electron chi connectivity index (χ0n) is 44.1. The Labute approximate surface area is 462 Å². The number of rotatable bonds is 7. The van der Waals surface area contributed by atoms with E-state index in [-0.39, 0.29) is 96.0 Å². The van der Waals surface area contributed by atoms with Crippen molar-refractivity contribution in [2.45, 2.75) is 91.6 Å². The van der Waals surface area contributed by atoms with Crippen LogP contribution in [0.5, 0.6) is 23.0 Å². The van der Waals surface area contributed by atoms with Gasteiger partial charge >= 0.3 is 5.97 Å². The van der Waals surface area contributed by atoms with Gasteiger partial charge in [0.2, 0.25) is 17.7 Å². The molecular formula is C60H74N8O11. The highest BCUT2D eigenvalue weighted by molar-refractivity contribution is 5.99. The van der Waals surface area contributed by atoms with Gasteiger partial charge < -0.3 is 55.5 Å². The van der Waals surface area contributed by atoms with Crippen LogP contribution in [0.4, 0.5) is 0 Å². The number of aliphatic carboxylic acids is 1. The number of nitrogens with two attached hydrogens (primary N) is 1. The van der Waals surface area contributed by atoms with Crippen LogP contribution in [0, 0.1) is 0 Å². The van der Waals surface area contributed by atoms with Crippen LogP contribution in [0.3, 0.4) is 0 Å². The molecule has 4 heterocycles. The number of fused-ring (bicyclic) bond motifs is 8. The van der Waals surface area contributed by atoms with Gasteiger partial charge in [-0.05, 0) is 122 Å². The summed E-state index contributed by atoms with van der Waals surface area (Å²) in [5, 5.41) is 18.2. The third-order valence-electron chi connectivity index (χ3n) is 12.6. The highest BCUT2D eigenvalue weighted by Gasteiger charge is 2.31. The van der Waals surface area contributed by atoms with Crippen molar-refractivity contribution in [1.82, 2.24) is 35.7 Å². The van der Waals surface area contributed by atoms with Gasteiger partial charge in [-0.3, -0.25) is 33.9 Å². The van der Waals surface area contributed by atoms with Crippen molar-refractivity contribution < 1.29 is 52.8 Å². The lowest BCUT2D eigenvalue weighted by molar-refractivity contribution is -0.142. The number of carbonyl (C=O) groups excluding carboxylic acids is 5. The molecule has 0 saturated carbocycles. The van der Waals surface area contributed by atoms with E-state index in [4.69, 9.17) is 24.7 Å². The van der Waals surface area contributed by atoms with Gasteiger partial charge in [0.15, 0.2) is 0 Å². The van der Waals surface area contributed by atoms with Crippen LogP contribution in [0.1, 0.15) is 86.2 Å². The first kappa shape index (κ1) is 62.7. The summed E-state index contributed by atoms with van der Waals surface area (Å²) in [5.74, 6) is -0.339. The zero-order valence-corrected chi connectivity index (χ0v) is 44.1. The van der Waals surface area contributed by atoms with E-state index >= 15 is 0 Å². The maximum absolute atomic E-state index is 13.6. The molecule has 0 fully saturated rings. The SMILES string of the molecule is C.C.COc1ccc2c(c1)-c1cccc(c1)C(=O)N(C)[C@H](C(=O)NCc1cccnc1)CCC(=O)N[C@H](C)CO2.COc1ccc2c(c1)-c1cccc(c1)C(=O)N(C)[C@H](C(=O)O)CCC(=O)N[C@H](C)CO2.NCc1cccnc1. The first-order chi connectivity index (χ1) is 37.1. The number of ether oxygens (including phenoxy) is 4. The topological polar surface area (TPSA) is 254 Å². The molecular weight excluding hydrogens is 1010 g/mol. The Hall–Kier alpha value is -8.84. The van der Waals surface area contributed by atoms with Gasteiger partial charge in [-0.2, -0.15) is 0 Å². The van der Waals surface area contributed by atoms with Gasteiger partial charge in [0, 0.05) is 87.1 Å². The predicted molar refractivity (Wildman–Crippen MR) is 303 cm³/mol. The third kappa shape index (κ3) is 17.9. The van der Waals surface area contributed by atoms with Crippen LogP contribution in [0.15, 0.2) is 134 Å². The average molecular weight is 1080 g/mol. The van der Waals surface area contributed by atoms with Crippen molar-refractivity contribution in [3.8, 4) is 45.3 Å². The van der Waals surface area contributed by atoms with Crippen LogP contribution in [0.2, 0.25) is 0 Å². The molecule has 6 N–H and O–H groups in total. The lowest BCUT2D eigenvalue weighted by Gasteiger charge is -2.27. The Bertz CT molecular complexity index is 2980. The molecule has 0 spiro atoms. The second kappa shape index (κ2) is 30.8. The molecule has 6 aromatic rings. The number of hydrogen-bond donors (Lipinski definition) is 5. The summed E-state index contributed by atoms with van der Waals surface area (Å²) in [4.78, 5) is 87.2. The van der Waals surface area contributed by atoms with Gasteiger partial charge in [-0.15, -0.1) is 0 Å². The van der Waals surface area contributed by atoms with Crippen LogP contribution in [-0.2, 0) is 32.3 Å². The Balaban J connectivity index is 0.000000295. The Morgan fingerprint density at radius 3 is 1.51 bits per heavy atom. The van der Waals surface area contributed by atoms with E-state index in [2.05, 4.69) is 25.9 Å². The number of carboxylic acid groups (broad SMARTS) is 1. The van der Waals surface area contributed by atoms with E-state index in [0.717, 1.165) is 33.4 Å². The summed E-state index contributed by atoms with van der Waals surface area (Å²) in [5.41, 5.74) is 10.9. The summed E-state index contributed by atoms with van der Waals surface area (Å²) in [6, 6.07) is 29.8. The van der Waals surface area contributed by atoms with Crippen LogP contribution >= 0.6 is 0 Å². The summed E-state index contributed by atoms with van der Waals surface area (Å²) >= 11 is 0. The molecule has 2 aliphatic rings. The number of nitrogens with zero attached hydrogens (tertiary/aromatic N) is 4. The standard InChI is InChI=1S/C29H32N4O5.C23H26N2O6.C6H8N2.2CH4/c1-19-18-38-26-11-9-23(37-3)15-24(26)21-7-4-8-22(14-21)29(36)33(2)25(10-12-27(34)32-19)28(35)31-17-20-6-5-13-30-16-20;1-14-13-31-20-9-7-17(30-3)12-18(20)15-5-4-6-16(11-15)22(27)25(2)19(23(28)29)8-10-21(26)24-14;7-4-6-2-1-3-8-5-6;;/h4-9,11,13-16,19,25H,10,12,17-18H2,1-3H3,(H,31,35)(H,32,34);4-7,9,11-12,14,19H,8,10,13H2,1-3H3,(H,24,26)(H,28,29);1-3,5H,4,7H2;2*1H4/t19-,25+;14-,19+;;;/m11.../s1. The Morgan fingerprint density at radius 2 is 1.09 bits per heavy atom. The second-order valence-electron chi connectivity index (χ2n) is 18.4. The highest BCUT2D eigenvalue weighted by atomic mass is 16.5. The number of aromatic nitrogens is 2. The Kier molecular flexibility index (Phi) is 24.4. The van der Waals surface area contributed by atoms with Crippen LogP contribution in [0.25, 0.3) is 22.3 Å². The van der Waals surface area contributed by atoms with E-state index in [1.165, 1.54) is 16.8 Å². The molecule has 8 rings (SSSR count). The fourth-order valence-corrected chi connectivity index (χ4v) is 8.36. The number of methoxy groups -OCH3 is 2. The van der Waals surface area contributed by atoms with Crippen LogP contribution in [-0.4, -0.2) is 126 Å². The van der Waals surface area contributed by atoms with E-state index in [0.29, 0.717) is 40.7 Å². The molecule has 2 aliphatic heterocycles. The summed E-state index contributed by atoms with van der Waals surface area (Å²) in [7, 11) is 6.17. The molecule has 79 heavy (non-hydrogen) atoms. The normalized spacial score (nSPS) is 17.5. The monoisotopic (exact) mass is 1080 g/mol. The number of pyridine rings is 2. The molecule has 5 amide bonds. The minimum Gasteiger partial charge on any atom is -0.497 e. The van der Waals surface area contributed by atoms with Crippen molar-refractivity contribution in [2.24, 2.45) is 5.73 Å². The van der Waals surface area contributed by atoms with E-state index in [1.54, 1.807) is 107 Å². The predicted octanol–water partition coefficient (Wildman–Crippen LogP) is 7.57. The quantitative estimate of drug-likeness (QED) is 0.103. The maximum atomic E-state index is 13.6. The molecule has 19 nitrogen and oxygen atoms in total. The number of likely N-dealkylation sites (N-methyl/N-ethyl adjacent to an activating group) is 2. The lowest BCUT2D eigenvalue weighted by Crippen LogP contribution is -2.48. The smallest absolute Gasteiger partial charge is 0.326 e. The second-order valence-corrected chi connectivity index (χ2v) is 18.4. The van der Waals surface area contributed by atoms with Gasteiger partial charge in [-0.1, -0.05) is 51.3 Å². The minimum absolute atomic E-state index is 0. The maximum Gasteiger partial charge on any atom is 0.326 e. The number of carboxylic acids is 1. The third-order valence-corrected chi connectivity index (χ3v) is 12.6. The molecule has 420 valence electrons. The first-order valence-corrected chi connectivity index (χ1v) is 25.0. The largest absolute Gasteiger partial charge is 0.497 e. The molecule has 4 aromatic carbocycles. The lowest BCUT2D eigenvalue weighted by atomic mass is 10.0. The molecule has 0 aliphatic carbocycles. The number of hydrogen-bond acceptors (Lipinski definition) is 13. The van der Waals surface area contributed by atoms with Gasteiger partial charge in [0.1, 0.15) is 48.3 Å². The highest BCUT2D eigenvalue weighted by Crippen LogP contribution is 2.36. The van der Waals surface area contributed by atoms with Crippen molar-refractivity contribution in [1.29, 1.82) is 0 Å². The van der Waals surface area contributed by atoms with Crippen molar-refractivity contribution in [3.05, 3.63) is 156 Å². The summed E-state index contributed by atoms with van der Waals surface area (Å²) < 4.78 is 22.8. The minimum atomic E-state index is -1.16. The van der Waals surface area contributed by atoms with Gasteiger partial charge in [0.25, 0.3) is 11.8 Å². The number of nitrogens with one attached hydrogen (secondary N) is 3. The van der Waals surface area contributed by atoms with E-state index < -0.39 is 24.0 Å². The van der Waals surface area contributed by atoms with Crippen molar-refractivity contribution >= 4 is 35.5 Å². The fourth-order valence-electron chi connectivity index (χ4n) is 8.36. The number of carbonyl (C=O) groups is 6. The van der Waals surface area contributed by atoms with E-state index in [9.17, 15) is 33.9 Å². The van der Waals surface area contributed by atoms with Gasteiger partial charge in [0.05, 0.1) is 26.3 Å². The summed E-state index contributed by atoms with van der Waals surface area (Å²) in [6.45, 7) is 4.98. The Morgan fingerprint density at radius 1 is 0.646 bits per heavy atom. The van der Waals surface area contributed by atoms with E-state index in [1.807, 2.05) is 62.4 Å². The zero-order chi connectivity index (χ0) is 55.4. The fraction of sp³-hybridized carbons (Fsp3) is 0.333. The molecule has 0 radical (unpaired) electrons. The van der Waals surface area contributed by atoms with Gasteiger partial charge in [-0.25, -0.2) is 4.79 Å². The van der Waals surface area contributed by atoms with Crippen molar-refractivity contribution in [2.75, 3.05) is 41.5 Å².